The molecule has 1 aliphatic heterocycles. The largest absolute Gasteiger partial charge is 0.379 e. The van der Waals surface area contributed by atoms with Crippen LogP contribution < -0.4 is 5.32 Å². The Kier molecular flexibility index (Phi) is 6.01. The lowest BCUT2D eigenvalue weighted by Gasteiger charge is -2.26. The van der Waals surface area contributed by atoms with E-state index in [1.807, 2.05) is 43.3 Å². The first-order valence-electron chi connectivity index (χ1n) is 9.60. The molecule has 3 aromatic rings. The summed E-state index contributed by atoms with van der Waals surface area (Å²) in [5.74, 6) is -0.258. The number of carbonyl (C=O) groups is 1. The third-order valence-electron chi connectivity index (χ3n) is 4.88. The van der Waals surface area contributed by atoms with Crippen LogP contribution in [0.5, 0.6) is 0 Å². The van der Waals surface area contributed by atoms with Crippen molar-refractivity contribution >= 4 is 33.0 Å². The number of hydrogen-bond donors (Lipinski definition) is 1. The first kappa shape index (κ1) is 20.7. The van der Waals surface area contributed by atoms with Crippen molar-refractivity contribution in [2.45, 2.75) is 11.8 Å². The number of nitrogens with zero attached hydrogens (tertiary/aromatic N) is 1. The van der Waals surface area contributed by atoms with Gasteiger partial charge in [-0.15, -0.1) is 11.3 Å². The molecule has 0 atom stereocenters. The maximum Gasteiger partial charge on any atom is 0.265 e. The van der Waals surface area contributed by atoms with Crippen LogP contribution in [0, 0.1) is 6.92 Å². The number of nitrogens with one attached hydrogen (secondary N) is 1. The van der Waals surface area contributed by atoms with Crippen LogP contribution >= 0.6 is 11.3 Å². The van der Waals surface area contributed by atoms with Crippen LogP contribution in [0.25, 0.3) is 10.4 Å². The summed E-state index contributed by atoms with van der Waals surface area (Å²) in [6.07, 6.45) is 0. The molecule has 1 N–H and O–H groups in total. The summed E-state index contributed by atoms with van der Waals surface area (Å²) in [4.78, 5) is 14.6. The van der Waals surface area contributed by atoms with Gasteiger partial charge >= 0.3 is 0 Å². The second-order valence-corrected chi connectivity index (χ2v) is 9.98. The van der Waals surface area contributed by atoms with E-state index in [1.165, 1.54) is 21.7 Å². The van der Waals surface area contributed by atoms with Gasteiger partial charge in [-0.05, 0) is 42.3 Å². The maximum absolute atomic E-state index is 12.9. The summed E-state index contributed by atoms with van der Waals surface area (Å²) in [6.45, 7) is 3.41. The Balaban J connectivity index is 1.54. The molecule has 0 radical (unpaired) electrons. The first-order valence-corrected chi connectivity index (χ1v) is 11.9. The maximum atomic E-state index is 12.9. The molecule has 0 aliphatic carbocycles. The predicted molar refractivity (Wildman–Crippen MR) is 118 cm³/mol. The molecule has 1 aromatic heterocycles. The topological polar surface area (TPSA) is 75.7 Å². The molecule has 0 bridgehead atoms. The van der Waals surface area contributed by atoms with Gasteiger partial charge in [-0.3, -0.25) is 4.79 Å². The zero-order valence-electron chi connectivity index (χ0n) is 16.5. The van der Waals surface area contributed by atoms with Crippen molar-refractivity contribution in [2.75, 3.05) is 31.6 Å². The van der Waals surface area contributed by atoms with Crippen molar-refractivity contribution in [2.24, 2.45) is 0 Å². The Hall–Kier alpha value is -2.52. The molecule has 1 saturated heterocycles. The molecule has 4 rings (SSSR count). The number of thiophene rings is 1. The second kappa shape index (κ2) is 8.69. The van der Waals surface area contributed by atoms with Crippen LogP contribution in [0.1, 0.15) is 15.2 Å². The minimum absolute atomic E-state index is 0.162. The highest BCUT2D eigenvalue weighted by Crippen LogP contribution is 2.32. The number of hydrogen-bond acceptors (Lipinski definition) is 5. The second-order valence-electron chi connectivity index (χ2n) is 6.99. The third kappa shape index (κ3) is 4.32. The van der Waals surface area contributed by atoms with Crippen LogP contribution in [0.4, 0.5) is 5.69 Å². The van der Waals surface area contributed by atoms with Crippen LogP contribution in [0.3, 0.4) is 0 Å². The van der Waals surface area contributed by atoms with Crippen LogP contribution in [0.15, 0.2) is 65.6 Å². The zero-order chi connectivity index (χ0) is 21.1. The van der Waals surface area contributed by atoms with Crippen LogP contribution in [-0.4, -0.2) is 44.9 Å². The Morgan fingerprint density at radius 2 is 1.77 bits per heavy atom. The van der Waals surface area contributed by atoms with E-state index in [9.17, 15) is 13.2 Å². The molecule has 156 valence electrons. The Bertz CT molecular complexity index is 1150. The summed E-state index contributed by atoms with van der Waals surface area (Å²) >= 11 is 1.42. The molecule has 1 amide bonds. The number of anilines is 1. The number of benzene rings is 2. The summed E-state index contributed by atoms with van der Waals surface area (Å²) in [5.41, 5.74) is 2.54. The van der Waals surface area contributed by atoms with Gasteiger partial charge in [-0.1, -0.05) is 36.4 Å². The fourth-order valence-corrected chi connectivity index (χ4v) is 5.86. The molecule has 0 saturated carbocycles. The number of rotatable bonds is 5. The van der Waals surface area contributed by atoms with Gasteiger partial charge < -0.3 is 10.1 Å². The highest BCUT2D eigenvalue weighted by molar-refractivity contribution is 7.89. The fraction of sp³-hybridized carbons (Fsp3) is 0.227. The Morgan fingerprint density at radius 1 is 1.03 bits per heavy atom. The van der Waals surface area contributed by atoms with E-state index < -0.39 is 10.0 Å². The smallest absolute Gasteiger partial charge is 0.265 e. The average molecular weight is 443 g/mol. The number of ether oxygens (including phenoxy) is 1. The fourth-order valence-electron chi connectivity index (χ4n) is 3.33. The van der Waals surface area contributed by atoms with Crippen molar-refractivity contribution in [1.82, 2.24) is 4.31 Å². The van der Waals surface area contributed by atoms with Gasteiger partial charge in [0.15, 0.2) is 0 Å². The first-order chi connectivity index (χ1) is 14.4. The highest BCUT2D eigenvalue weighted by Gasteiger charge is 2.26. The van der Waals surface area contributed by atoms with Crippen LogP contribution in [-0.2, 0) is 14.8 Å². The molecular formula is C22H22N2O4S2. The molecule has 30 heavy (non-hydrogen) atoms. The molecule has 2 aromatic carbocycles. The monoisotopic (exact) mass is 442 g/mol. The lowest BCUT2D eigenvalue weighted by Crippen LogP contribution is -2.40. The molecule has 1 fully saturated rings. The van der Waals surface area contributed by atoms with E-state index in [4.69, 9.17) is 4.74 Å². The highest BCUT2D eigenvalue weighted by atomic mass is 32.2. The molecule has 0 unspecified atom stereocenters. The number of sulfonamides is 1. The van der Waals surface area contributed by atoms with Gasteiger partial charge in [0, 0.05) is 23.7 Å². The Morgan fingerprint density at radius 3 is 2.50 bits per heavy atom. The van der Waals surface area contributed by atoms with Crippen molar-refractivity contribution in [3.63, 3.8) is 0 Å². The number of morpholine rings is 1. The van der Waals surface area contributed by atoms with E-state index in [0.29, 0.717) is 36.9 Å². The third-order valence-corrected chi connectivity index (χ3v) is 8.06. The van der Waals surface area contributed by atoms with Crippen molar-refractivity contribution in [3.8, 4) is 10.4 Å². The molecular weight excluding hydrogens is 420 g/mol. The molecule has 6 nitrogen and oxygen atoms in total. The Labute approximate surface area is 180 Å². The van der Waals surface area contributed by atoms with Gasteiger partial charge in [0.2, 0.25) is 10.0 Å². The van der Waals surface area contributed by atoms with E-state index in [2.05, 4.69) is 5.32 Å². The normalized spacial score (nSPS) is 15.1. The minimum Gasteiger partial charge on any atom is -0.379 e. The minimum atomic E-state index is -3.62. The zero-order valence-corrected chi connectivity index (χ0v) is 18.1. The SMILES string of the molecule is Cc1cc(C(=O)Nc2cccc(S(=O)(=O)N3CCOCC3)c2)sc1-c1ccccc1. The van der Waals surface area contributed by atoms with Gasteiger partial charge in [-0.2, -0.15) is 4.31 Å². The summed E-state index contributed by atoms with van der Waals surface area (Å²) < 4.78 is 32.4. The van der Waals surface area contributed by atoms with E-state index in [1.54, 1.807) is 18.2 Å². The van der Waals surface area contributed by atoms with Gasteiger partial charge in [0.1, 0.15) is 0 Å². The average Bonchev–Trinajstić information content (AvgIpc) is 3.17. The van der Waals surface area contributed by atoms with Crippen molar-refractivity contribution in [3.05, 3.63) is 71.1 Å². The van der Waals surface area contributed by atoms with Crippen molar-refractivity contribution < 1.29 is 17.9 Å². The van der Waals surface area contributed by atoms with Gasteiger partial charge in [-0.25, -0.2) is 8.42 Å². The summed E-state index contributed by atoms with van der Waals surface area (Å²) in [6, 6.07) is 18.1. The van der Waals surface area contributed by atoms with Crippen molar-refractivity contribution in [1.29, 1.82) is 0 Å². The van der Waals surface area contributed by atoms with Gasteiger partial charge in [0.25, 0.3) is 5.91 Å². The molecule has 2 heterocycles. The lowest BCUT2D eigenvalue weighted by molar-refractivity contribution is 0.0730. The number of amides is 1. The quantitative estimate of drug-likeness (QED) is 0.648. The van der Waals surface area contributed by atoms with Crippen LogP contribution in [0.2, 0.25) is 0 Å². The molecule has 1 aliphatic rings. The molecule has 8 heteroatoms. The molecule has 0 spiro atoms. The van der Waals surface area contributed by atoms with E-state index in [-0.39, 0.29) is 10.8 Å². The van der Waals surface area contributed by atoms with E-state index >= 15 is 0 Å². The predicted octanol–water partition coefficient (Wildman–Crippen LogP) is 4.00. The number of aryl methyl sites for hydroxylation is 1. The summed E-state index contributed by atoms with van der Waals surface area (Å²) in [5, 5.41) is 2.83. The number of carbonyl (C=O) groups excluding carboxylic acids is 1. The van der Waals surface area contributed by atoms with Gasteiger partial charge in [0.05, 0.1) is 23.0 Å². The lowest BCUT2D eigenvalue weighted by atomic mass is 10.1. The summed E-state index contributed by atoms with van der Waals surface area (Å²) in [7, 11) is -3.62. The standard InChI is InChI=1S/C22H22N2O4S2/c1-16-14-20(29-21(16)17-6-3-2-4-7-17)22(25)23-18-8-5-9-19(15-18)30(26,27)24-10-12-28-13-11-24/h2-9,14-15H,10-13H2,1H3,(H,23,25). The van der Waals surface area contributed by atoms with E-state index in [0.717, 1.165) is 16.0 Å².